The van der Waals surface area contributed by atoms with E-state index in [4.69, 9.17) is 4.74 Å². The van der Waals surface area contributed by atoms with E-state index in [0.29, 0.717) is 5.75 Å². The first-order valence-corrected chi connectivity index (χ1v) is 10.5. The van der Waals surface area contributed by atoms with E-state index in [1.54, 1.807) is 4.90 Å². The average Bonchev–Trinajstić information content (AvgIpc) is 3.19. The zero-order chi connectivity index (χ0) is 22.0. The first-order valence-electron chi connectivity index (χ1n) is 10.5. The number of aryl methyl sites for hydroxylation is 3. The second kappa shape index (κ2) is 8.68. The molecule has 0 aliphatic rings. The molecular formula is C27H28N2O2. The molecule has 0 bridgehead atoms. The van der Waals surface area contributed by atoms with E-state index < -0.39 is 0 Å². The number of fused-ring (bicyclic) bond motifs is 1. The number of aromatic nitrogens is 1. The van der Waals surface area contributed by atoms with Gasteiger partial charge >= 0.3 is 0 Å². The summed E-state index contributed by atoms with van der Waals surface area (Å²) in [6.07, 6.45) is 2.00. The van der Waals surface area contributed by atoms with Crippen LogP contribution in [-0.2, 0) is 4.79 Å². The van der Waals surface area contributed by atoms with E-state index in [2.05, 4.69) is 55.2 Å². The van der Waals surface area contributed by atoms with Crippen molar-refractivity contribution in [3.05, 3.63) is 101 Å². The van der Waals surface area contributed by atoms with Gasteiger partial charge in [0.2, 0.25) is 0 Å². The first-order chi connectivity index (χ1) is 14.9. The van der Waals surface area contributed by atoms with Gasteiger partial charge in [-0.3, -0.25) is 4.79 Å². The molecule has 0 saturated heterocycles. The lowest BCUT2D eigenvalue weighted by molar-refractivity contribution is -0.133. The van der Waals surface area contributed by atoms with E-state index in [-0.39, 0.29) is 18.6 Å². The van der Waals surface area contributed by atoms with Crippen molar-refractivity contribution in [2.24, 2.45) is 0 Å². The van der Waals surface area contributed by atoms with Crippen molar-refractivity contribution in [1.29, 1.82) is 0 Å². The number of hydrogen-bond acceptors (Lipinski definition) is 2. The van der Waals surface area contributed by atoms with Gasteiger partial charge in [0.1, 0.15) is 5.75 Å². The molecule has 0 aliphatic heterocycles. The lowest BCUT2D eigenvalue weighted by Gasteiger charge is -2.29. The van der Waals surface area contributed by atoms with Gasteiger partial charge in [0, 0.05) is 29.7 Å². The van der Waals surface area contributed by atoms with Gasteiger partial charge in [-0.1, -0.05) is 54.1 Å². The molecule has 0 saturated carbocycles. The number of ether oxygens (including phenoxy) is 1. The predicted molar refractivity (Wildman–Crippen MR) is 126 cm³/mol. The molecule has 3 aromatic carbocycles. The van der Waals surface area contributed by atoms with E-state index in [1.165, 1.54) is 11.1 Å². The smallest absolute Gasteiger partial charge is 0.261 e. The Morgan fingerprint density at radius 2 is 1.71 bits per heavy atom. The molecule has 31 heavy (non-hydrogen) atoms. The van der Waals surface area contributed by atoms with E-state index in [0.717, 1.165) is 27.6 Å². The largest absolute Gasteiger partial charge is 0.484 e. The van der Waals surface area contributed by atoms with Crippen LogP contribution in [0.2, 0.25) is 0 Å². The normalized spacial score (nSPS) is 12.0. The maximum atomic E-state index is 13.2. The van der Waals surface area contributed by atoms with Crippen LogP contribution in [0, 0.1) is 20.8 Å². The summed E-state index contributed by atoms with van der Waals surface area (Å²) in [5.41, 5.74) is 6.73. The summed E-state index contributed by atoms with van der Waals surface area (Å²) >= 11 is 0. The molecule has 0 spiro atoms. The highest BCUT2D eigenvalue weighted by Gasteiger charge is 2.26. The number of para-hydroxylation sites is 1. The van der Waals surface area contributed by atoms with Crippen molar-refractivity contribution < 1.29 is 9.53 Å². The van der Waals surface area contributed by atoms with Crippen LogP contribution in [0.4, 0.5) is 0 Å². The van der Waals surface area contributed by atoms with Crippen LogP contribution in [0.1, 0.15) is 33.9 Å². The van der Waals surface area contributed by atoms with Crippen molar-refractivity contribution in [2.45, 2.75) is 26.8 Å². The third kappa shape index (κ3) is 4.33. The van der Waals surface area contributed by atoms with Gasteiger partial charge < -0.3 is 14.6 Å². The van der Waals surface area contributed by atoms with Gasteiger partial charge in [-0.15, -0.1) is 0 Å². The number of benzene rings is 3. The molecule has 1 unspecified atom stereocenters. The minimum Gasteiger partial charge on any atom is -0.484 e. The number of nitrogens with one attached hydrogen (secondary N) is 1. The standard InChI is InChI=1S/C27H28N2O2/c1-18-9-12-21(13-10-18)27(24-16-28-25-8-6-5-7-23(24)25)29(4)26(30)17-31-22-14-11-19(2)20(3)15-22/h5-16,27-28H,17H2,1-4H3. The van der Waals surface area contributed by atoms with E-state index in [9.17, 15) is 4.79 Å². The van der Waals surface area contributed by atoms with Gasteiger partial charge in [0.05, 0.1) is 6.04 Å². The minimum atomic E-state index is -0.215. The van der Waals surface area contributed by atoms with Crippen LogP contribution in [-0.4, -0.2) is 29.4 Å². The molecule has 0 radical (unpaired) electrons. The summed E-state index contributed by atoms with van der Waals surface area (Å²) in [6, 6.07) is 22.2. The summed E-state index contributed by atoms with van der Waals surface area (Å²) < 4.78 is 5.84. The van der Waals surface area contributed by atoms with Crippen molar-refractivity contribution in [1.82, 2.24) is 9.88 Å². The third-order valence-corrected chi connectivity index (χ3v) is 5.93. The summed E-state index contributed by atoms with van der Waals surface area (Å²) in [7, 11) is 1.85. The van der Waals surface area contributed by atoms with Crippen LogP contribution in [0.5, 0.6) is 5.75 Å². The Bertz CT molecular complexity index is 1210. The van der Waals surface area contributed by atoms with Crippen LogP contribution < -0.4 is 4.74 Å². The molecule has 0 aliphatic carbocycles. The quantitative estimate of drug-likeness (QED) is 0.440. The lowest BCUT2D eigenvalue weighted by atomic mass is 9.96. The molecule has 4 heteroatoms. The maximum Gasteiger partial charge on any atom is 0.261 e. The number of nitrogens with zero attached hydrogens (tertiary/aromatic N) is 1. The fraction of sp³-hybridized carbons (Fsp3) is 0.222. The zero-order valence-electron chi connectivity index (χ0n) is 18.5. The highest BCUT2D eigenvalue weighted by atomic mass is 16.5. The fourth-order valence-electron chi connectivity index (χ4n) is 3.88. The van der Waals surface area contributed by atoms with Crippen LogP contribution in [0.3, 0.4) is 0 Å². The second-order valence-corrected chi connectivity index (χ2v) is 8.14. The van der Waals surface area contributed by atoms with E-state index >= 15 is 0 Å². The predicted octanol–water partition coefficient (Wildman–Crippen LogP) is 5.72. The highest BCUT2D eigenvalue weighted by molar-refractivity contribution is 5.85. The van der Waals surface area contributed by atoms with Crippen molar-refractivity contribution in [3.8, 4) is 5.75 Å². The summed E-state index contributed by atoms with van der Waals surface area (Å²) in [5.74, 6) is 0.637. The highest BCUT2D eigenvalue weighted by Crippen LogP contribution is 2.33. The van der Waals surface area contributed by atoms with Crippen molar-refractivity contribution >= 4 is 16.8 Å². The number of carbonyl (C=O) groups excluding carboxylic acids is 1. The SMILES string of the molecule is Cc1ccc(C(c2c[nH]c3ccccc23)N(C)C(=O)COc2ccc(C)c(C)c2)cc1. The number of carbonyl (C=O) groups is 1. The van der Waals surface area contributed by atoms with Gasteiger partial charge in [-0.2, -0.15) is 0 Å². The molecule has 0 fully saturated rings. The molecule has 158 valence electrons. The first kappa shape index (κ1) is 20.7. The number of hydrogen-bond donors (Lipinski definition) is 1. The molecule has 4 rings (SSSR count). The minimum absolute atomic E-state index is 0.0102. The summed E-state index contributed by atoms with van der Waals surface area (Å²) in [4.78, 5) is 18.3. The van der Waals surface area contributed by atoms with Gasteiger partial charge in [-0.05, 0) is 55.7 Å². The molecule has 4 nitrogen and oxygen atoms in total. The summed E-state index contributed by atoms with van der Waals surface area (Å²) in [6.45, 7) is 6.16. The molecule has 1 amide bonds. The van der Waals surface area contributed by atoms with E-state index in [1.807, 2.05) is 50.5 Å². The summed E-state index contributed by atoms with van der Waals surface area (Å²) in [5, 5.41) is 1.11. The third-order valence-electron chi connectivity index (χ3n) is 5.93. The Morgan fingerprint density at radius 1 is 0.968 bits per heavy atom. The maximum absolute atomic E-state index is 13.2. The van der Waals surface area contributed by atoms with Gasteiger partial charge in [0.15, 0.2) is 6.61 Å². The lowest BCUT2D eigenvalue weighted by Crippen LogP contribution is -2.35. The Kier molecular flexibility index (Phi) is 5.81. The molecule has 4 aromatic rings. The van der Waals surface area contributed by atoms with Crippen LogP contribution in [0.25, 0.3) is 10.9 Å². The average molecular weight is 413 g/mol. The molecule has 1 N–H and O–H groups in total. The van der Waals surface area contributed by atoms with Crippen LogP contribution in [0.15, 0.2) is 72.9 Å². The number of aromatic amines is 1. The Balaban J connectivity index is 1.63. The molecular weight excluding hydrogens is 384 g/mol. The van der Waals surface area contributed by atoms with Crippen molar-refractivity contribution in [2.75, 3.05) is 13.7 Å². The van der Waals surface area contributed by atoms with Gasteiger partial charge in [0.25, 0.3) is 5.91 Å². The molecule has 1 heterocycles. The Hall–Kier alpha value is -3.53. The number of likely N-dealkylation sites (N-methyl/N-ethyl adjacent to an activating group) is 1. The Morgan fingerprint density at radius 3 is 2.45 bits per heavy atom. The number of rotatable bonds is 6. The number of H-pyrrole nitrogens is 1. The molecule has 1 atom stereocenters. The Labute approximate surface area is 183 Å². The van der Waals surface area contributed by atoms with Crippen LogP contribution >= 0.6 is 0 Å². The second-order valence-electron chi connectivity index (χ2n) is 8.14. The van der Waals surface area contributed by atoms with Gasteiger partial charge in [-0.25, -0.2) is 0 Å². The fourth-order valence-corrected chi connectivity index (χ4v) is 3.88. The van der Waals surface area contributed by atoms with Crippen molar-refractivity contribution in [3.63, 3.8) is 0 Å². The zero-order valence-corrected chi connectivity index (χ0v) is 18.5. The molecule has 1 aromatic heterocycles. The monoisotopic (exact) mass is 412 g/mol. The topological polar surface area (TPSA) is 45.3 Å². The number of amides is 1.